The van der Waals surface area contributed by atoms with Crippen LogP contribution in [-0.2, 0) is 10.5 Å². The highest BCUT2D eigenvalue weighted by atomic mass is 35.5. The molecule has 6 nitrogen and oxygen atoms in total. The zero-order valence-electron chi connectivity index (χ0n) is 22.7. The van der Waals surface area contributed by atoms with Crippen LogP contribution in [0.3, 0.4) is 0 Å². The molecule has 0 saturated carbocycles. The second kappa shape index (κ2) is 16.3. The Morgan fingerprint density at radius 3 is 1.97 bits per heavy atom. The molecule has 0 aromatic heterocycles. The number of amidine groups is 1. The molecule has 0 aliphatic carbocycles. The summed E-state index contributed by atoms with van der Waals surface area (Å²) in [7, 11) is 1.71. The summed E-state index contributed by atoms with van der Waals surface area (Å²) in [4.78, 5) is 33.4. The third-order valence-corrected chi connectivity index (χ3v) is 8.68. The number of rotatable bonds is 17. The van der Waals surface area contributed by atoms with Gasteiger partial charge in [-0.1, -0.05) is 126 Å². The van der Waals surface area contributed by atoms with Crippen LogP contribution in [0.25, 0.3) is 0 Å². The minimum Gasteiger partial charge on any atom is -0.336 e. The maximum atomic E-state index is 12.7. The number of carbonyl (C=O) groups excluding carboxylic acids is 2. The summed E-state index contributed by atoms with van der Waals surface area (Å²) in [6, 6.07) is 6.98. The van der Waals surface area contributed by atoms with Gasteiger partial charge in [-0.2, -0.15) is 0 Å². The first-order valence-corrected chi connectivity index (χ1v) is 15.7. The Bertz CT molecular complexity index is 879. The van der Waals surface area contributed by atoms with Gasteiger partial charge in [-0.25, -0.2) is 9.79 Å². The standard InChI is InChI=1S/C29H45ClN4O2S/c1-3-4-5-6-7-8-9-10-11-12-13-14-15-16-21-34-25-26(33(2)28(36)32-27(25)35)31-29(34)37-22-23-17-19-24(30)20-18-23/h17-20,25-26H,3-16,21-22H2,1-2H3,(H,32,35,36). The van der Waals surface area contributed by atoms with Crippen LogP contribution in [0.4, 0.5) is 4.79 Å². The van der Waals surface area contributed by atoms with Gasteiger partial charge in [-0.3, -0.25) is 10.1 Å². The number of fused-ring (bicyclic) bond motifs is 1. The summed E-state index contributed by atoms with van der Waals surface area (Å²) in [5.74, 6) is 0.494. The molecule has 37 heavy (non-hydrogen) atoms. The molecule has 2 heterocycles. The minimum absolute atomic E-state index is 0.246. The molecule has 1 aromatic carbocycles. The molecule has 2 atom stereocenters. The Balaban J connectivity index is 1.37. The van der Waals surface area contributed by atoms with E-state index in [1.807, 2.05) is 24.3 Å². The molecule has 206 valence electrons. The number of amides is 3. The van der Waals surface area contributed by atoms with Crippen LogP contribution in [0.1, 0.15) is 102 Å². The van der Waals surface area contributed by atoms with Gasteiger partial charge in [0.2, 0.25) is 0 Å². The average molecular weight is 549 g/mol. The molecule has 3 rings (SSSR count). The summed E-state index contributed by atoms with van der Waals surface area (Å²) in [6.07, 6.45) is 18.0. The van der Waals surface area contributed by atoms with Crippen LogP contribution >= 0.6 is 23.4 Å². The van der Waals surface area contributed by atoms with Gasteiger partial charge in [0.05, 0.1) is 0 Å². The minimum atomic E-state index is -0.458. The van der Waals surface area contributed by atoms with E-state index in [-0.39, 0.29) is 11.9 Å². The van der Waals surface area contributed by atoms with Crippen molar-refractivity contribution < 1.29 is 9.59 Å². The van der Waals surface area contributed by atoms with Crippen molar-refractivity contribution in [2.45, 2.75) is 115 Å². The molecule has 0 radical (unpaired) electrons. The lowest BCUT2D eigenvalue weighted by Crippen LogP contribution is -2.63. The molecule has 2 aliphatic heterocycles. The number of thioether (sulfide) groups is 1. The maximum absolute atomic E-state index is 12.7. The van der Waals surface area contributed by atoms with Gasteiger partial charge in [0, 0.05) is 24.4 Å². The van der Waals surface area contributed by atoms with Crippen molar-refractivity contribution in [3.05, 3.63) is 34.9 Å². The lowest BCUT2D eigenvalue weighted by Gasteiger charge is -2.36. The van der Waals surface area contributed by atoms with Crippen molar-refractivity contribution in [2.24, 2.45) is 4.99 Å². The lowest BCUT2D eigenvalue weighted by atomic mass is 10.0. The number of hydrogen-bond acceptors (Lipinski definition) is 5. The summed E-state index contributed by atoms with van der Waals surface area (Å²) in [5, 5.41) is 4.05. The first-order chi connectivity index (χ1) is 18.0. The highest BCUT2D eigenvalue weighted by Crippen LogP contribution is 2.30. The largest absolute Gasteiger partial charge is 0.336 e. The number of halogens is 1. The van der Waals surface area contributed by atoms with Crippen LogP contribution in [0.15, 0.2) is 29.3 Å². The fourth-order valence-corrected chi connectivity index (χ4v) is 6.23. The third-order valence-electron chi connectivity index (χ3n) is 7.36. The Kier molecular flexibility index (Phi) is 13.1. The molecule has 1 fully saturated rings. The van der Waals surface area contributed by atoms with Crippen LogP contribution in [0.2, 0.25) is 5.02 Å². The van der Waals surface area contributed by atoms with E-state index < -0.39 is 12.2 Å². The summed E-state index contributed by atoms with van der Waals surface area (Å²) in [5.41, 5.74) is 1.15. The molecule has 0 spiro atoms. The molecule has 1 N–H and O–H groups in total. The monoisotopic (exact) mass is 548 g/mol. The highest BCUT2D eigenvalue weighted by Gasteiger charge is 2.48. The summed E-state index contributed by atoms with van der Waals surface area (Å²) in [6.45, 7) is 3.05. The van der Waals surface area contributed by atoms with Gasteiger partial charge in [0.1, 0.15) is 0 Å². The molecule has 2 unspecified atom stereocenters. The molecule has 2 aliphatic rings. The molecule has 1 saturated heterocycles. The number of carbonyl (C=O) groups is 2. The van der Waals surface area contributed by atoms with E-state index in [1.165, 1.54) is 77.0 Å². The number of nitrogens with zero attached hydrogens (tertiary/aromatic N) is 3. The Morgan fingerprint density at radius 1 is 0.865 bits per heavy atom. The van der Waals surface area contributed by atoms with Crippen molar-refractivity contribution in [1.82, 2.24) is 15.1 Å². The number of benzene rings is 1. The summed E-state index contributed by atoms with van der Waals surface area (Å²) >= 11 is 7.64. The topological polar surface area (TPSA) is 65.0 Å². The number of urea groups is 1. The second-order valence-corrected chi connectivity index (χ2v) is 11.8. The van der Waals surface area contributed by atoms with E-state index in [9.17, 15) is 9.59 Å². The van der Waals surface area contributed by atoms with E-state index in [4.69, 9.17) is 16.6 Å². The lowest BCUT2D eigenvalue weighted by molar-refractivity contribution is -0.127. The highest BCUT2D eigenvalue weighted by molar-refractivity contribution is 8.13. The fraction of sp³-hybridized carbons (Fsp3) is 0.690. The SMILES string of the molecule is CCCCCCCCCCCCCCCCN1C(SCc2ccc(Cl)cc2)=NC2C1C(=O)NC(=O)N2C. The molecule has 1 aromatic rings. The summed E-state index contributed by atoms with van der Waals surface area (Å²) < 4.78 is 0. The van der Waals surface area contributed by atoms with Crippen LogP contribution in [0.5, 0.6) is 0 Å². The smallest absolute Gasteiger partial charge is 0.325 e. The Hall–Kier alpha value is -1.73. The molecule has 0 bridgehead atoms. The predicted molar refractivity (Wildman–Crippen MR) is 156 cm³/mol. The van der Waals surface area contributed by atoms with Crippen molar-refractivity contribution in [1.29, 1.82) is 0 Å². The van der Waals surface area contributed by atoms with E-state index >= 15 is 0 Å². The predicted octanol–water partition coefficient (Wildman–Crippen LogP) is 7.60. The number of aliphatic imine (C=N–C) groups is 1. The number of likely N-dealkylation sites (N-methyl/N-ethyl adjacent to an activating group) is 1. The van der Waals surface area contributed by atoms with Crippen molar-refractivity contribution in [3.63, 3.8) is 0 Å². The van der Waals surface area contributed by atoms with Gasteiger partial charge in [0.15, 0.2) is 17.4 Å². The first-order valence-electron chi connectivity index (χ1n) is 14.3. The first kappa shape index (κ1) is 29.8. The van der Waals surface area contributed by atoms with Crippen molar-refractivity contribution in [2.75, 3.05) is 13.6 Å². The molecular weight excluding hydrogens is 504 g/mol. The van der Waals surface area contributed by atoms with E-state index in [0.717, 1.165) is 35.9 Å². The second-order valence-electron chi connectivity index (χ2n) is 10.4. The van der Waals surface area contributed by atoms with Gasteiger partial charge < -0.3 is 9.80 Å². The zero-order chi connectivity index (χ0) is 26.5. The molecule has 3 amide bonds. The normalized spacial score (nSPS) is 19.3. The van der Waals surface area contributed by atoms with Gasteiger partial charge in [-0.15, -0.1) is 0 Å². The van der Waals surface area contributed by atoms with Crippen molar-refractivity contribution in [3.8, 4) is 0 Å². The van der Waals surface area contributed by atoms with E-state index in [2.05, 4.69) is 17.1 Å². The van der Waals surface area contributed by atoms with E-state index in [1.54, 1.807) is 23.7 Å². The number of unbranched alkanes of at least 4 members (excludes halogenated alkanes) is 13. The molecule has 8 heteroatoms. The number of nitrogens with one attached hydrogen (secondary N) is 1. The van der Waals surface area contributed by atoms with Gasteiger partial charge >= 0.3 is 6.03 Å². The van der Waals surface area contributed by atoms with Crippen molar-refractivity contribution >= 4 is 40.5 Å². The Morgan fingerprint density at radius 2 is 1.41 bits per heavy atom. The zero-order valence-corrected chi connectivity index (χ0v) is 24.3. The quantitative estimate of drug-likeness (QED) is 0.203. The fourth-order valence-electron chi connectivity index (χ4n) is 5.06. The third kappa shape index (κ3) is 9.51. The number of imide groups is 1. The van der Waals surface area contributed by atoms with Crippen LogP contribution in [0, 0.1) is 0 Å². The van der Waals surface area contributed by atoms with E-state index in [0.29, 0.717) is 5.02 Å². The average Bonchev–Trinajstić information content (AvgIpc) is 3.26. The molecular formula is C29H45ClN4O2S. The van der Waals surface area contributed by atoms with Gasteiger partial charge in [0.25, 0.3) is 5.91 Å². The number of hydrogen-bond donors (Lipinski definition) is 1. The van der Waals surface area contributed by atoms with Crippen LogP contribution < -0.4 is 5.32 Å². The van der Waals surface area contributed by atoms with Gasteiger partial charge in [-0.05, 0) is 24.1 Å². The maximum Gasteiger partial charge on any atom is 0.325 e. The Labute approximate surface area is 233 Å². The van der Waals surface area contributed by atoms with Crippen LogP contribution in [-0.4, -0.2) is 52.7 Å².